The Bertz CT molecular complexity index is 430. The fourth-order valence-corrected chi connectivity index (χ4v) is 2.43. The van der Waals surface area contributed by atoms with Crippen molar-refractivity contribution in [2.75, 3.05) is 19.7 Å². The van der Waals surface area contributed by atoms with Crippen LogP contribution in [0.1, 0.15) is 36.9 Å². The molecule has 1 aromatic carbocycles. The zero-order valence-electron chi connectivity index (χ0n) is 12.7. The Morgan fingerprint density at radius 2 is 2.14 bits per heavy atom. The molecule has 2 atom stereocenters. The molecule has 0 aliphatic carbocycles. The van der Waals surface area contributed by atoms with Gasteiger partial charge in [0.25, 0.3) is 0 Å². The molecule has 118 valence electrons. The largest absolute Gasteiger partial charge is 0.375 e. The van der Waals surface area contributed by atoms with Gasteiger partial charge in [-0.05, 0) is 18.9 Å². The molecule has 1 amide bonds. The number of hydrogen-bond donors (Lipinski definition) is 2. The predicted octanol–water partition coefficient (Wildman–Crippen LogP) is 2.36. The van der Waals surface area contributed by atoms with Crippen LogP contribution in [0, 0.1) is 6.92 Å². The molecule has 0 saturated carbocycles. The fourth-order valence-electron chi connectivity index (χ4n) is 2.43. The van der Waals surface area contributed by atoms with E-state index in [9.17, 15) is 4.79 Å². The minimum Gasteiger partial charge on any atom is -0.375 e. The number of amides is 1. The highest BCUT2D eigenvalue weighted by Crippen LogP contribution is 2.17. The zero-order valence-corrected chi connectivity index (χ0v) is 13.5. The van der Waals surface area contributed by atoms with Crippen molar-refractivity contribution in [3.63, 3.8) is 0 Å². The van der Waals surface area contributed by atoms with Crippen molar-refractivity contribution in [1.29, 1.82) is 0 Å². The average Bonchev–Trinajstić information content (AvgIpc) is 2.47. The first-order valence-corrected chi connectivity index (χ1v) is 7.37. The molecule has 1 aliphatic heterocycles. The van der Waals surface area contributed by atoms with E-state index in [1.165, 1.54) is 5.56 Å². The van der Waals surface area contributed by atoms with Gasteiger partial charge in [-0.1, -0.05) is 36.8 Å². The topological polar surface area (TPSA) is 50.4 Å². The van der Waals surface area contributed by atoms with Crippen molar-refractivity contribution in [1.82, 2.24) is 10.6 Å². The summed E-state index contributed by atoms with van der Waals surface area (Å²) < 4.78 is 5.56. The normalized spacial score (nSPS) is 19.4. The smallest absolute Gasteiger partial charge is 0.223 e. The fraction of sp³-hybridized carbons (Fsp3) is 0.562. The second-order valence-corrected chi connectivity index (χ2v) is 5.34. The number of halogens is 1. The van der Waals surface area contributed by atoms with Gasteiger partial charge in [-0.25, -0.2) is 0 Å². The van der Waals surface area contributed by atoms with Crippen LogP contribution in [-0.2, 0) is 9.53 Å². The summed E-state index contributed by atoms with van der Waals surface area (Å²) in [7, 11) is 0. The van der Waals surface area contributed by atoms with Gasteiger partial charge in [0, 0.05) is 13.1 Å². The van der Waals surface area contributed by atoms with Crippen LogP contribution in [0.25, 0.3) is 0 Å². The van der Waals surface area contributed by atoms with Crippen LogP contribution < -0.4 is 10.6 Å². The molecular weight excluding hydrogens is 288 g/mol. The summed E-state index contributed by atoms with van der Waals surface area (Å²) in [6, 6.07) is 8.42. The Morgan fingerprint density at radius 3 is 2.71 bits per heavy atom. The molecule has 2 rings (SSSR count). The molecule has 0 radical (unpaired) electrons. The van der Waals surface area contributed by atoms with Gasteiger partial charge in [-0.3, -0.25) is 4.79 Å². The van der Waals surface area contributed by atoms with Crippen LogP contribution in [0.4, 0.5) is 0 Å². The van der Waals surface area contributed by atoms with E-state index in [4.69, 9.17) is 4.74 Å². The van der Waals surface area contributed by atoms with E-state index in [0.717, 1.165) is 25.1 Å². The minimum atomic E-state index is -0.000672. The van der Waals surface area contributed by atoms with E-state index in [0.29, 0.717) is 13.0 Å². The highest BCUT2D eigenvalue weighted by atomic mass is 35.5. The van der Waals surface area contributed by atoms with Gasteiger partial charge in [0.2, 0.25) is 5.91 Å². The number of nitrogens with one attached hydrogen (secondary N) is 2. The monoisotopic (exact) mass is 312 g/mol. The van der Waals surface area contributed by atoms with Crippen LogP contribution in [-0.4, -0.2) is 31.7 Å². The summed E-state index contributed by atoms with van der Waals surface area (Å²) in [5.74, 6) is 0.0612. The maximum absolute atomic E-state index is 12.1. The van der Waals surface area contributed by atoms with E-state index in [-0.39, 0.29) is 30.5 Å². The standard InChI is InChI=1S/C16H24N2O2.ClH/c1-3-15(13-6-4-12(2)5-7-13)18-16(19)10-14-11-17-8-9-20-14;/h4-7,14-15,17H,3,8-11H2,1-2H3,(H,18,19);1H. The van der Waals surface area contributed by atoms with Crippen LogP contribution in [0.15, 0.2) is 24.3 Å². The van der Waals surface area contributed by atoms with Gasteiger partial charge in [0.05, 0.1) is 25.2 Å². The Morgan fingerprint density at radius 1 is 1.43 bits per heavy atom. The molecule has 0 spiro atoms. The van der Waals surface area contributed by atoms with Crippen molar-refractivity contribution in [2.24, 2.45) is 0 Å². The third-order valence-corrected chi connectivity index (χ3v) is 3.64. The van der Waals surface area contributed by atoms with Crippen molar-refractivity contribution < 1.29 is 9.53 Å². The molecule has 2 N–H and O–H groups in total. The molecule has 5 heteroatoms. The molecule has 21 heavy (non-hydrogen) atoms. The lowest BCUT2D eigenvalue weighted by molar-refractivity contribution is -0.125. The lowest BCUT2D eigenvalue weighted by Crippen LogP contribution is -2.41. The maximum atomic E-state index is 12.1. The molecule has 1 aromatic rings. The predicted molar refractivity (Wildman–Crippen MR) is 86.8 cm³/mol. The van der Waals surface area contributed by atoms with Crippen molar-refractivity contribution in [3.05, 3.63) is 35.4 Å². The van der Waals surface area contributed by atoms with Crippen molar-refractivity contribution in [2.45, 2.75) is 38.8 Å². The van der Waals surface area contributed by atoms with E-state index < -0.39 is 0 Å². The first-order valence-electron chi connectivity index (χ1n) is 7.37. The highest BCUT2D eigenvalue weighted by molar-refractivity contribution is 5.85. The number of hydrogen-bond acceptors (Lipinski definition) is 3. The van der Waals surface area contributed by atoms with Crippen molar-refractivity contribution >= 4 is 18.3 Å². The summed E-state index contributed by atoms with van der Waals surface area (Å²) in [6.07, 6.45) is 1.31. The van der Waals surface area contributed by atoms with E-state index in [1.54, 1.807) is 0 Å². The minimum absolute atomic E-state index is 0. The van der Waals surface area contributed by atoms with Gasteiger partial charge >= 0.3 is 0 Å². The number of aryl methyl sites for hydroxylation is 1. The SMILES string of the molecule is CCC(NC(=O)CC1CNCCO1)c1ccc(C)cc1.Cl. The molecule has 1 aliphatic rings. The summed E-state index contributed by atoms with van der Waals surface area (Å²) in [6.45, 7) is 6.47. The van der Waals surface area contributed by atoms with Crippen LogP contribution in [0.2, 0.25) is 0 Å². The van der Waals surface area contributed by atoms with Crippen molar-refractivity contribution in [3.8, 4) is 0 Å². The Kier molecular flexibility index (Phi) is 7.72. The van der Waals surface area contributed by atoms with E-state index >= 15 is 0 Å². The number of ether oxygens (including phenoxy) is 1. The Labute approximate surface area is 133 Å². The molecule has 4 nitrogen and oxygen atoms in total. The molecule has 1 heterocycles. The van der Waals surface area contributed by atoms with Gasteiger partial charge < -0.3 is 15.4 Å². The van der Waals surface area contributed by atoms with Gasteiger partial charge in [0.15, 0.2) is 0 Å². The third kappa shape index (κ3) is 5.65. The number of carbonyl (C=O) groups is 1. The molecule has 0 bridgehead atoms. The van der Waals surface area contributed by atoms with E-state index in [2.05, 4.69) is 48.7 Å². The van der Waals surface area contributed by atoms with E-state index in [1.807, 2.05) is 0 Å². The summed E-state index contributed by atoms with van der Waals surface area (Å²) in [5.41, 5.74) is 2.39. The lowest BCUT2D eigenvalue weighted by Gasteiger charge is -2.24. The van der Waals surface area contributed by atoms with Crippen LogP contribution >= 0.6 is 12.4 Å². The number of carbonyl (C=O) groups excluding carboxylic acids is 1. The average molecular weight is 313 g/mol. The second-order valence-electron chi connectivity index (χ2n) is 5.34. The first kappa shape index (κ1) is 18.0. The number of benzene rings is 1. The Balaban J connectivity index is 0.00000220. The molecule has 2 unspecified atom stereocenters. The lowest BCUT2D eigenvalue weighted by atomic mass is 10.0. The quantitative estimate of drug-likeness (QED) is 0.877. The summed E-state index contributed by atoms with van der Waals surface area (Å²) in [4.78, 5) is 12.1. The second kappa shape index (κ2) is 9.03. The van der Waals surface area contributed by atoms with Gasteiger partial charge in [-0.2, -0.15) is 0 Å². The maximum Gasteiger partial charge on any atom is 0.223 e. The zero-order chi connectivity index (χ0) is 14.4. The molecule has 1 fully saturated rings. The summed E-state index contributed by atoms with van der Waals surface area (Å²) in [5, 5.41) is 6.34. The molecule has 0 aromatic heterocycles. The van der Waals surface area contributed by atoms with Crippen LogP contribution in [0.5, 0.6) is 0 Å². The van der Waals surface area contributed by atoms with Gasteiger partial charge in [0.1, 0.15) is 0 Å². The number of rotatable bonds is 5. The third-order valence-electron chi connectivity index (χ3n) is 3.64. The van der Waals surface area contributed by atoms with Gasteiger partial charge in [-0.15, -0.1) is 12.4 Å². The Hall–Kier alpha value is -1.10. The molecule has 1 saturated heterocycles. The molecular formula is C16H25ClN2O2. The van der Waals surface area contributed by atoms with Crippen LogP contribution in [0.3, 0.4) is 0 Å². The summed E-state index contributed by atoms with van der Waals surface area (Å²) >= 11 is 0. The highest BCUT2D eigenvalue weighted by Gasteiger charge is 2.19. The first-order chi connectivity index (χ1) is 9.69. The number of morpholine rings is 1.